The van der Waals surface area contributed by atoms with Gasteiger partial charge in [0.25, 0.3) is 0 Å². The number of thiophene rings is 1. The van der Waals surface area contributed by atoms with E-state index in [1.165, 1.54) is 17.7 Å². The first kappa shape index (κ1) is 12.2. The zero-order valence-electron chi connectivity index (χ0n) is 9.11. The van der Waals surface area contributed by atoms with Crippen LogP contribution in [0.3, 0.4) is 0 Å². The number of carbonyl (C=O) groups is 1. The molecule has 0 spiro atoms. The Morgan fingerprint density at radius 1 is 1.53 bits per heavy atom. The van der Waals surface area contributed by atoms with Crippen molar-refractivity contribution in [1.29, 1.82) is 0 Å². The van der Waals surface area contributed by atoms with Crippen molar-refractivity contribution in [2.45, 2.75) is 44.9 Å². The molecule has 2 nitrogen and oxygen atoms in total. The average molecular weight is 226 g/mol. The summed E-state index contributed by atoms with van der Waals surface area (Å²) >= 11 is 1.67. The molecule has 1 atom stereocenters. The first-order chi connectivity index (χ1) is 7.24. The SMILES string of the molecule is CCCCCC(CC(=O)O)c1cccs1. The summed E-state index contributed by atoms with van der Waals surface area (Å²) < 4.78 is 0. The van der Waals surface area contributed by atoms with E-state index in [9.17, 15) is 4.79 Å². The Morgan fingerprint density at radius 3 is 2.87 bits per heavy atom. The number of carboxylic acid groups (broad SMARTS) is 1. The highest BCUT2D eigenvalue weighted by atomic mass is 32.1. The standard InChI is InChI=1S/C12H18O2S/c1-2-3-4-6-10(9-12(13)14)11-7-5-8-15-11/h5,7-8,10H,2-4,6,9H2,1H3,(H,13,14). The fraction of sp³-hybridized carbons (Fsp3) is 0.583. The molecule has 1 heterocycles. The zero-order valence-corrected chi connectivity index (χ0v) is 9.93. The van der Waals surface area contributed by atoms with E-state index in [2.05, 4.69) is 6.92 Å². The Morgan fingerprint density at radius 2 is 2.33 bits per heavy atom. The number of aliphatic carboxylic acids is 1. The van der Waals surface area contributed by atoms with Gasteiger partial charge in [-0.15, -0.1) is 11.3 Å². The van der Waals surface area contributed by atoms with Crippen molar-refractivity contribution in [1.82, 2.24) is 0 Å². The van der Waals surface area contributed by atoms with Gasteiger partial charge < -0.3 is 5.11 Å². The van der Waals surface area contributed by atoms with Gasteiger partial charge in [-0.2, -0.15) is 0 Å². The van der Waals surface area contributed by atoms with Crippen LogP contribution in [0, 0.1) is 0 Å². The van der Waals surface area contributed by atoms with E-state index >= 15 is 0 Å². The second-order valence-corrected chi connectivity index (χ2v) is 4.79. The first-order valence-electron chi connectivity index (χ1n) is 5.49. The molecule has 1 aromatic heterocycles. The molecular weight excluding hydrogens is 208 g/mol. The maximum Gasteiger partial charge on any atom is 0.303 e. The van der Waals surface area contributed by atoms with Crippen LogP contribution < -0.4 is 0 Å². The van der Waals surface area contributed by atoms with E-state index in [-0.39, 0.29) is 12.3 Å². The van der Waals surface area contributed by atoms with Gasteiger partial charge in [-0.1, -0.05) is 32.3 Å². The minimum atomic E-state index is -0.690. The van der Waals surface area contributed by atoms with Crippen LogP contribution in [0.1, 0.15) is 49.8 Å². The van der Waals surface area contributed by atoms with Crippen molar-refractivity contribution in [2.24, 2.45) is 0 Å². The number of carboxylic acids is 1. The topological polar surface area (TPSA) is 37.3 Å². The summed E-state index contributed by atoms with van der Waals surface area (Å²) in [6.45, 7) is 2.16. The molecule has 0 aliphatic rings. The summed E-state index contributed by atoms with van der Waals surface area (Å²) in [5.74, 6) is -0.473. The Labute approximate surface area is 94.9 Å². The Hall–Kier alpha value is -0.830. The summed E-state index contributed by atoms with van der Waals surface area (Å²) in [4.78, 5) is 12.0. The van der Waals surface area contributed by atoms with Crippen LogP contribution in [0.15, 0.2) is 17.5 Å². The molecular formula is C12H18O2S. The molecule has 0 aliphatic carbocycles. The van der Waals surface area contributed by atoms with Crippen LogP contribution in [0.4, 0.5) is 0 Å². The molecule has 0 fully saturated rings. The highest BCUT2D eigenvalue weighted by molar-refractivity contribution is 7.10. The van der Waals surface area contributed by atoms with E-state index in [1.54, 1.807) is 11.3 Å². The van der Waals surface area contributed by atoms with Crippen molar-refractivity contribution >= 4 is 17.3 Å². The highest BCUT2D eigenvalue weighted by Crippen LogP contribution is 2.29. The van der Waals surface area contributed by atoms with Crippen molar-refractivity contribution in [2.75, 3.05) is 0 Å². The normalized spacial score (nSPS) is 12.6. The van der Waals surface area contributed by atoms with Crippen molar-refractivity contribution in [3.8, 4) is 0 Å². The lowest BCUT2D eigenvalue weighted by atomic mass is 9.96. The largest absolute Gasteiger partial charge is 0.481 e. The van der Waals surface area contributed by atoms with Crippen molar-refractivity contribution < 1.29 is 9.90 Å². The van der Waals surface area contributed by atoms with Gasteiger partial charge in [0.1, 0.15) is 0 Å². The molecule has 0 saturated carbocycles. The van der Waals surface area contributed by atoms with Crippen LogP contribution in [-0.4, -0.2) is 11.1 Å². The third-order valence-electron chi connectivity index (χ3n) is 2.52. The van der Waals surface area contributed by atoms with E-state index < -0.39 is 5.97 Å². The van der Waals surface area contributed by atoms with Gasteiger partial charge in [-0.05, 0) is 17.9 Å². The number of rotatable bonds is 7. The Bertz CT molecular complexity index is 280. The van der Waals surface area contributed by atoms with Crippen molar-refractivity contribution in [3.05, 3.63) is 22.4 Å². The van der Waals surface area contributed by atoms with Crippen LogP contribution in [0.5, 0.6) is 0 Å². The van der Waals surface area contributed by atoms with Gasteiger partial charge in [-0.25, -0.2) is 0 Å². The molecule has 3 heteroatoms. The lowest BCUT2D eigenvalue weighted by Gasteiger charge is -2.12. The third-order valence-corrected chi connectivity index (χ3v) is 3.56. The molecule has 0 aliphatic heterocycles. The Balaban J connectivity index is 2.50. The quantitative estimate of drug-likeness (QED) is 0.716. The van der Waals surface area contributed by atoms with E-state index in [4.69, 9.17) is 5.11 Å². The molecule has 1 N–H and O–H groups in total. The maximum atomic E-state index is 10.7. The van der Waals surface area contributed by atoms with Gasteiger partial charge in [-0.3, -0.25) is 4.79 Å². The van der Waals surface area contributed by atoms with Crippen molar-refractivity contribution in [3.63, 3.8) is 0 Å². The summed E-state index contributed by atoms with van der Waals surface area (Å²) in [6, 6.07) is 4.04. The number of hydrogen-bond donors (Lipinski definition) is 1. The van der Waals surface area contributed by atoms with E-state index in [0.29, 0.717) is 0 Å². The van der Waals surface area contributed by atoms with Crippen LogP contribution in [-0.2, 0) is 4.79 Å². The van der Waals surface area contributed by atoms with Crippen LogP contribution in [0.25, 0.3) is 0 Å². The molecule has 84 valence electrons. The Kier molecular flexibility index (Phi) is 5.40. The minimum absolute atomic E-state index is 0.217. The van der Waals surface area contributed by atoms with Gasteiger partial charge in [0.05, 0.1) is 6.42 Å². The van der Waals surface area contributed by atoms with Gasteiger partial charge in [0.2, 0.25) is 0 Å². The average Bonchev–Trinajstić information content (AvgIpc) is 2.68. The van der Waals surface area contributed by atoms with E-state index in [0.717, 1.165) is 12.8 Å². The molecule has 0 bridgehead atoms. The van der Waals surface area contributed by atoms with Crippen LogP contribution >= 0.6 is 11.3 Å². The summed E-state index contributed by atoms with van der Waals surface area (Å²) in [5.41, 5.74) is 0. The van der Waals surface area contributed by atoms with Gasteiger partial charge >= 0.3 is 5.97 Å². The monoisotopic (exact) mass is 226 g/mol. The van der Waals surface area contributed by atoms with Gasteiger partial charge in [0.15, 0.2) is 0 Å². The summed E-state index contributed by atoms with van der Waals surface area (Å²) in [7, 11) is 0. The lowest BCUT2D eigenvalue weighted by Crippen LogP contribution is -2.05. The maximum absolute atomic E-state index is 10.7. The summed E-state index contributed by atoms with van der Waals surface area (Å²) in [5, 5.41) is 10.9. The smallest absolute Gasteiger partial charge is 0.303 e. The molecule has 0 saturated heterocycles. The van der Waals surface area contributed by atoms with E-state index in [1.807, 2.05) is 17.5 Å². The molecule has 0 aromatic carbocycles. The van der Waals surface area contributed by atoms with Crippen LogP contribution in [0.2, 0.25) is 0 Å². The minimum Gasteiger partial charge on any atom is -0.481 e. The number of hydrogen-bond acceptors (Lipinski definition) is 2. The fourth-order valence-corrected chi connectivity index (χ4v) is 2.59. The zero-order chi connectivity index (χ0) is 11.1. The predicted molar refractivity (Wildman–Crippen MR) is 63.5 cm³/mol. The second-order valence-electron chi connectivity index (χ2n) is 3.81. The molecule has 0 radical (unpaired) electrons. The van der Waals surface area contributed by atoms with Gasteiger partial charge in [0, 0.05) is 10.8 Å². The summed E-state index contributed by atoms with van der Waals surface area (Å²) in [6.07, 6.45) is 4.78. The fourth-order valence-electron chi connectivity index (χ4n) is 1.72. The second kappa shape index (κ2) is 6.62. The highest BCUT2D eigenvalue weighted by Gasteiger charge is 2.15. The predicted octanol–water partition coefficient (Wildman–Crippen LogP) is 3.89. The number of unbranched alkanes of at least 4 members (excludes halogenated alkanes) is 2. The molecule has 15 heavy (non-hydrogen) atoms. The molecule has 1 aromatic rings. The first-order valence-corrected chi connectivity index (χ1v) is 6.37. The third kappa shape index (κ3) is 4.47. The molecule has 1 rings (SSSR count). The molecule has 0 amide bonds. The lowest BCUT2D eigenvalue weighted by molar-refractivity contribution is -0.137. The molecule has 1 unspecified atom stereocenters.